The molecule has 1 aliphatic carbocycles. The molecule has 2 unspecified atom stereocenters. The average Bonchev–Trinajstić information content (AvgIpc) is 2.37. The first-order valence-electron chi connectivity index (χ1n) is 6.75. The maximum atomic E-state index is 12.2. The number of nitrogens with two attached hydrogens (primary N) is 1. The van der Waals surface area contributed by atoms with E-state index in [-0.39, 0.29) is 17.3 Å². The van der Waals surface area contributed by atoms with Crippen molar-refractivity contribution in [2.75, 3.05) is 12.3 Å². The highest BCUT2D eigenvalue weighted by Crippen LogP contribution is 2.32. The van der Waals surface area contributed by atoms with Gasteiger partial charge in [-0.25, -0.2) is 18.1 Å². The van der Waals surface area contributed by atoms with Crippen molar-refractivity contribution in [2.45, 2.75) is 43.1 Å². The first-order valence-corrected chi connectivity index (χ1v) is 8.23. The molecule has 2 atom stereocenters. The average molecular weight is 299 g/mol. The Hall–Kier alpha value is -1.18. The highest BCUT2D eigenvalue weighted by Gasteiger charge is 2.34. The quantitative estimate of drug-likeness (QED) is 0.765. The largest absolute Gasteiger partial charge is 0.389 e. The van der Waals surface area contributed by atoms with Gasteiger partial charge in [-0.3, -0.25) is 0 Å². The van der Waals surface area contributed by atoms with Gasteiger partial charge in [-0.15, -0.1) is 0 Å². The smallest absolute Gasteiger partial charge is 0.244 e. The molecule has 1 saturated carbocycles. The molecule has 7 heteroatoms. The van der Waals surface area contributed by atoms with E-state index < -0.39 is 15.6 Å². The summed E-state index contributed by atoms with van der Waals surface area (Å²) in [7, 11) is -3.74. The normalized spacial score (nSPS) is 27.4. The zero-order chi connectivity index (χ0) is 14.8. The highest BCUT2D eigenvalue weighted by molar-refractivity contribution is 7.89. The molecule has 0 amide bonds. The van der Waals surface area contributed by atoms with Crippen molar-refractivity contribution in [3.8, 4) is 0 Å². The van der Waals surface area contributed by atoms with Crippen molar-refractivity contribution in [2.24, 2.45) is 5.92 Å². The third kappa shape index (κ3) is 3.47. The van der Waals surface area contributed by atoms with Gasteiger partial charge in [0.2, 0.25) is 10.0 Å². The van der Waals surface area contributed by atoms with Gasteiger partial charge in [0.05, 0.1) is 5.60 Å². The van der Waals surface area contributed by atoms with Gasteiger partial charge in [0.25, 0.3) is 0 Å². The predicted molar refractivity (Wildman–Crippen MR) is 76.4 cm³/mol. The van der Waals surface area contributed by atoms with E-state index in [4.69, 9.17) is 5.73 Å². The number of nitrogen functional groups attached to an aromatic ring is 1. The fourth-order valence-corrected chi connectivity index (χ4v) is 3.93. The van der Waals surface area contributed by atoms with Gasteiger partial charge in [0.15, 0.2) is 0 Å². The molecule has 1 aromatic heterocycles. The lowest BCUT2D eigenvalue weighted by Gasteiger charge is -2.35. The minimum absolute atomic E-state index is 0.00794. The van der Waals surface area contributed by atoms with Crippen LogP contribution in [-0.2, 0) is 10.0 Å². The zero-order valence-corrected chi connectivity index (χ0v) is 12.4. The highest BCUT2D eigenvalue weighted by atomic mass is 32.2. The summed E-state index contributed by atoms with van der Waals surface area (Å²) >= 11 is 0. The van der Waals surface area contributed by atoms with E-state index in [2.05, 4.69) is 16.6 Å². The summed E-state index contributed by atoms with van der Waals surface area (Å²) in [6.45, 7) is 2.08. The SMILES string of the molecule is CC1CCCC(O)(CNS(=O)(=O)c2cccnc2N)C1. The Kier molecular flexibility index (Phi) is 4.31. The fourth-order valence-electron chi connectivity index (χ4n) is 2.73. The maximum absolute atomic E-state index is 12.2. The van der Waals surface area contributed by atoms with Crippen LogP contribution in [-0.4, -0.2) is 30.7 Å². The lowest BCUT2D eigenvalue weighted by molar-refractivity contribution is -0.00751. The lowest BCUT2D eigenvalue weighted by atomic mass is 9.79. The second-order valence-electron chi connectivity index (χ2n) is 5.64. The van der Waals surface area contributed by atoms with Crippen LogP contribution >= 0.6 is 0 Å². The van der Waals surface area contributed by atoms with Crippen molar-refractivity contribution in [3.63, 3.8) is 0 Å². The van der Waals surface area contributed by atoms with Crippen molar-refractivity contribution in [1.29, 1.82) is 0 Å². The molecule has 1 aliphatic rings. The molecule has 0 radical (unpaired) electrons. The number of nitrogens with zero attached hydrogens (tertiary/aromatic N) is 1. The minimum atomic E-state index is -3.74. The standard InChI is InChI=1S/C13H21N3O3S/c1-10-4-2-6-13(17,8-10)9-16-20(18,19)11-5-3-7-15-12(11)14/h3,5,7,10,16-17H,2,4,6,8-9H2,1H3,(H2,14,15). The number of aromatic nitrogens is 1. The Balaban J connectivity index is 2.08. The molecule has 0 saturated heterocycles. The summed E-state index contributed by atoms with van der Waals surface area (Å²) in [5.74, 6) is 0.366. The second kappa shape index (κ2) is 5.67. The van der Waals surface area contributed by atoms with Gasteiger partial charge in [-0.05, 0) is 30.9 Å². The van der Waals surface area contributed by atoms with Crippen LogP contribution in [0.2, 0.25) is 0 Å². The van der Waals surface area contributed by atoms with Crippen molar-refractivity contribution in [3.05, 3.63) is 18.3 Å². The number of aliphatic hydroxyl groups is 1. The molecule has 4 N–H and O–H groups in total. The summed E-state index contributed by atoms with van der Waals surface area (Å²) in [5, 5.41) is 10.4. The number of rotatable bonds is 4. The Morgan fingerprint density at radius 3 is 3.00 bits per heavy atom. The lowest BCUT2D eigenvalue weighted by Crippen LogP contribution is -2.45. The van der Waals surface area contributed by atoms with Gasteiger partial charge in [-0.2, -0.15) is 0 Å². The first-order chi connectivity index (χ1) is 9.32. The maximum Gasteiger partial charge on any atom is 0.244 e. The van der Waals surface area contributed by atoms with Crippen LogP contribution in [0.15, 0.2) is 23.2 Å². The van der Waals surface area contributed by atoms with E-state index in [0.717, 1.165) is 12.8 Å². The minimum Gasteiger partial charge on any atom is -0.389 e. The molecule has 6 nitrogen and oxygen atoms in total. The third-order valence-electron chi connectivity index (χ3n) is 3.75. The summed E-state index contributed by atoms with van der Waals surface area (Å²) in [5.41, 5.74) is 4.61. The number of anilines is 1. The fraction of sp³-hybridized carbons (Fsp3) is 0.615. The van der Waals surface area contributed by atoms with E-state index in [0.29, 0.717) is 18.8 Å². The van der Waals surface area contributed by atoms with Crippen LogP contribution < -0.4 is 10.5 Å². The van der Waals surface area contributed by atoms with E-state index in [9.17, 15) is 13.5 Å². The predicted octanol–water partition coefficient (Wildman–Crippen LogP) is 0.883. The summed E-state index contributed by atoms with van der Waals surface area (Å²) < 4.78 is 26.8. The van der Waals surface area contributed by atoms with Gasteiger partial charge >= 0.3 is 0 Å². The molecule has 1 heterocycles. The van der Waals surface area contributed by atoms with Crippen LogP contribution in [0.3, 0.4) is 0 Å². The van der Waals surface area contributed by atoms with E-state index in [1.165, 1.54) is 18.3 Å². The van der Waals surface area contributed by atoms with Crippen LogP contribution in [0.1, 0.15) is 32.6 Å². The van der Waals surface area contributed by atoms with Gasteiger partial charge < -0.3 is 10.8 Å². The molecule has 0 spiro atoms. The van der Waals surface area contributed by atoms with Crippen LogP contribution in [0.5, 0.6) is 0 Å². The molecule has 0 aliphatic heterocycles. The van der Waals surface area contributed by atoms with E-state index >= 15 is 0 Å². The van der Waals surface area contributed by atoms with E-state index in [1.54, 1.807) is 0 Å². The molecule has 0 bridgehead atoms. The molecule has 1 aromatic rings. The first kappa shape index (κ1) is 15.2. The Morgan fingerprint density at radius 2 is 2.35 bits per heavy atom. The summed E-state index contributed by atoms with van der Waals surface area (Å²) in [6.07, 6.45) is 4.64. The molecular formula is C13H21N3O3S. The molecule has 0 aromatic carbocycles. The van der Waals surface area contributed by atoms with Crippen LogP contribution in [0.25, 0.3) is 0 Å². The van der Waals surface area contributed by atoms with Crippen molar-refractivity contribution < 1.29 is 13.5 Å². The monoisotopic (exact) mass is 299 g/mol. The number of sulfonamides is 1. The van der Waals surface area contributed by atoms with Crippen molar-refractivity contribution >= 4 is 15.8 Å². The molecular weight excluding hydrogens is 278 g/mol. The van der Waals surface area contributed by atoms with Gasteiger partial charge in [0.1, 0.15) is 10.7 Å². The van der Waals surface area contributed by atoms with E-state index in [1.807, 2.05) is 0 Å². The Labute approximate surface area is 119 Å². The molecule has 112 valence electrons. The van der Waals surface area contributed by atoms with Gasteiger partial charge in [0, 0.05) is 12.7 Å². The number of nitrogens with one attached hydrogen (secondary N) is 1. The Morgan fingerprint density at radius 1 is 1.60 bits per heavy atom. The second-order valence-corrected chi connectivity index (χ2v) is 7.37. The molecule has 1 fully saturated rings. The number of hydrogen-bond donors (Lipinski definition) is 3. The van der Waals surface area contributed by atoms with Gasteiger partial charge in [-0.1, -0.05) is 19.8 Å². The zero-order valence-electron chi connectivity index (χ0n) is 11.5. The number of hydrogen-bond acceptors (Lipinski definition) is 5. The summed E-state index contributed by atoms with van der Waals surface area (Å²) in [6, 6.07) is 2.92. The van der Waals surface area contributed by atoms with Crippen LogP contribution in [0, 0.1) is 5.92 Å². The molecule has 20 heavy (non-hydrogen) atoms. The van der Waals surface area contributed by atoms with Crippen LogP contribution in [0.4, 0.5) is 5.82 Å². The Bertz CT molecular complexity index is 576. The third-order valence-corrected chi connectivity index (χ3v) is 5.20. The molecule has 2 rings (SSSR count). The number of pyridine rings is 1. The van der Waals surface area contributed by atoms with Crippen molar-refractivity contribution in [1.82, 2.24) is 9.71 Å². The summed E-state index contributed by atoms with van der Waals surface area (Å²) in [4.78, 5) is 3.72. The topological polar surface area (TPSA) is 105 Å².